The number of phenolic OH excluding ortho intramolecular Hbond substituents is 2. The summed E-state index contributed by atoms with van der Waals surface area (Å²) in [5.41, 5.74) is -0.622. The second-order valence-electron chi connectivity index (χ2n) is 4.61. The van der Waals surface area contributed by atoms with E-state index in [1.807, 2.05) is 0 Å². The van der Waals surface area contributed by atoms with Crippen molar-refractivity contribution in [2.75, 3.05) is 0 Å². The van der Waals surface area contributed by atoms with E-state index in [4.69, 9.17) is 0 Å². The molecule has 1 aromatic carbocycles. The molecule has 0 spiro atoms. The molecule has 0 unspecified atom stereocenters. The first kappa shape index (κ1) is 14.1. The monoisotopic (exact) mass is 310 g/mol. The van der Waals surface area contributed by atoms with Crippen molar-refractivity contribution < 1.29 is 23.4 Å². The van der Waals surface area contributed by atoms with E-state index in [0.29, 0.717) is 0 Å². The van der Waals surface area contributed by atoms with Gasteiger partial charge in [0.15, 0.2) is 5.82 Å². The van der Waals surface area contributed by atoms with Gasteiger partial charge < -0.3 is 10.2 Å². The number of rotatable bonds is 1. The number of nitrogens with zero attached hydrogens (tertiary/aromatic N) is 4. The van der Waals surface area contributed by atoms with Gasteiger partial charge in [-0.1, -0.05) is 0 Å². The summed E-state index contributed by atoms with van der Waals surface area (Å²) in [7, 11) is 0. The molecule has 2 aromatic heterocycles. The average Bonchev–Trinajstić information content (AvgIpc) is 2.87. The number of hydrogen-bond acceptors (Lipinski definition) is 5. The highest BCUT2D eigenvalue weighted by Gasteiger charge is 2.33. The van der Waals surface area contributed by atoms with E-state index < -0.39 is 11.9 Å². The first-order valence-electron chi connectivity index (χ1n) is 6.10. The van der Waals surface area contributed by atoms with Crippen molar-refractivity contribution >= 4 is 5.78 Å². The topological polar surface area (TPSA) is 83.5 Å². The Balaban J connectivity index is 2.20. The van der Waals surface area contributed by atoms with Gasteiger partial charge in [0.25, 0.3) is 5.78 Å². The molecule has 0 amide bonds. The Hall–Kier alpha value is -2.84. The highest BCUT2D eigenvalue weighted by Crippen LogP contribution is 2.36. The van der Waals surface area contributed by atoms with Gasteiger partial charge in [-0.15, -0.1) is 10.2 Å². The Morgan fingerprint density at radius 2 is 1.82 bits per heavy atom. The third-order valence-electron chi connectivity index (χ3n) is 3.21. The number of aromatic nitrogens is 4. The first-order chi connectivity index (χ1) is 10.3. The van der Waals surface area contributed by atoms with E-state index in [-0.39, 0.29) is 34.2 Å². The maximum Gasteiger partial charge on any atom is 0.433 e. The van der Waals surface area contributed by atoms with Crippen LogP contribution in [0, 0.1) is 6.92 Å². The Morgan fingerprint density at radius 3 is 2.50 bits per heavy atom. The van der Waals surface area contributed by atoms with Crippen LogP contribution in [0.15, 0.2) is 24.4 Å². The highest BCUT2D eigenvalue weighted by molar-refractivity contribution is 5.69. The van der Waals surface area contributed by atoms with Gasteiger partial charge in [0.1, 0.15) is 17.2 Å². The van der Waals surface area contributed by atoms with Crippen LogP contribution in [0.3, 0.4) is 0 Å². The predicted molar refractivity (Wildman–Crippen MR) is 69.3 cm³/mol. The van der Waals surface area contributed by atoms with E-state index in [0.717, 1.165) is 12.3 Å². The van der Waals surface area contributed by atoms with Gasteiger partial charge in [0, 0.05) is 11.8 Å². The lowest BCUT2D eigenvalue weighted by Crippen LogP contribution is -2.09. The summed E-state index contributed by atoms with van der Waals surface area (Å²) in [6.45, 7) is 1.50. The van der Waals surface area contributed by atoms with Gasteiger partial charge in [-0.3, -0.25) is 4.40 Å². The van der Waals surface area contributed by atoms with Gasteiger partial charge >= 0.3 is 6.18 Å². The number of hydrogen-bond donors (Lipinski definition) is 2. The molecule has 2 heterocycles. The molecule has 6 nitrogen and oxygen atoms in total. The lowest BCUT2D eigenvalue weighted by atomic mass is 10.1. The van der Waals surface area contributed by atoms with E-state index in [9.17, 15) is 23.4 Å². The van der Waals surface area contributed by atoms with Crippen LogP contribution in [-0.4, -0.2) is 29.8 Å². The van der Waals surface area contributed by atoms with Crippen molar-refractivity contribution in [1.82, 2.24) is 19.6 Å². The number of aromatic hydroxyl groups is 2. The zero-order valence-electron chi connectivity index (χ0n) is 11.1. The first-order valence-corrected chi connectivity index (χ1v) is 6.10. The molecule has 114 valence electrons. The maximum absolute atomic E-state index is 12.6. The average molecular weight is 310 g/mol. The molecule has 0 atom stereocenters. The Labute approximate surface area is 121 Å². The van der Waals surface area contributed by atoms with Crippen molar-refractivity contribution in [3.05, 3.63) is 35.7 Å². The number of halogens is 3. The SMILES string of the molecule is Cc1c(O)ccc(-c2nnc3nc(C(F)(F)F)ccn23)c1O. The van der Waals surface area contributed by atoms with Gasteiger partial charge in [-0.05, 0) is 25.1 Å². The van der Waals surface area contributed by atoms with Gasteiger partial charge in [0.2, 0.25) is 0 Å². The molecule has 0 saturated carbocycles. The predicted octanol–water partition coefficient (Wildman–Crippen LogP) is 2.53. The minimum atomic E-state index is -4.58. The van der Waals surface area contributed by atoms with E-state index in [1.165, 1.54) is 23.5 Å². The van der Waals surface area contributed by atoms with Crippen molar-refractivity contribution in [2.45, 2.75) is 13.1 Å². The molecule has 0 saturated heterocycles. The largest absolute Gasteiger partial charge is 0.508 e. The molecule has 2 N–H and O–H groups in total. The van der Waals surface area contributed by atoms with Crippen LogP contribution in [-0.2, 0) is 6.18 Å². The van der Waals surface area contributed by atoms with Gasteiger partial charge in [0.05, 0.1) is 5.56 Å². The van der Waals surface area contributed by atoms with Crippen LogP contribution in [0.2, 0.25) is 0 Å². The summed E-state index contributed by atoms with van der Waals surface area (Å²) >= 11 is 0. The lowest BCUT2D eigenvalue weighted by Gasteiger charge is -2.08. The summed E-state index contributed by atoms with van der Waals surface area (Å²) in [5.74, 6) is -0.450. The second-order valence-corrected chi connectivity index (χ2v) is 4.61. The van der Waals surface area contributed by atoms with E-state index in [2.05, 4.69) is 15.2 Å². The fourth-order valence-electron chi connectivity index (χ4n) is 2.00. The fourth-order valence-corrected chi connectivity index (χ4v) is 2.00. The molecule has 9 heteroatoms. The fraction of sp³-hybridized carbons (Fsp3) is 0.154. The Morgan fingerprint density at radius 1 is 1.09 bits per heavy atom. The zero-order chi connectivity index (χ0) is 16.1. The molecular formula is C13H9F3N4O2. The van der Waals surface area contributed by atoms with Crippen molar-refractivity contribution in [3.63, 3.8) is 0 Å². The molecule has 0 radical (unpaired) electrons. The second kappa shape index (κ2) is 4.58. The van der Waals surface area contributed by atoms with E-state index >= 15 is 0 Å². The number of phenols is 2. The maximum atomic E-state index is 12.6. The van der Waals surface area contributed by atoms with Gasteiger partial charge in [-0.25, -0.2) is 4.98 Å². The summed E-state index contributed by atoms with van der Waals surface area (Å²) in [5, 5.41) is 26.9. The zero-order valence-corrected chi connectivity index (χ0v) is 11.1. The smallest absolute Gasteiger partial charge is 0.433 e. The summed E-state index contributed by atoms with van der Waals surface area (Å²) in [4.78, 5) is 3.40. The summed E-state index contributed by atoms with van der Waals surface area (Å²) < 4.78 is 39.1. The molecule has 0 aliphatic carbocycles. The molecule has 22 heavy (non-hydrogen) atoms. The van der Waals surface area contributed by atoms with Crippen LogP contribution in [0.5, 0.6) is 11.5 Å². The van der Waals surface area contributed by atoms with Crippen LogP contribution in [0.1, 0.15) is 11.3 Å². The minimum absolute atomic E-state index is 0.104. The number of alkyl halides is 3. The summed E-state index contributed by atoms with van der Waals surface area (Å²) in [6.07, 6.45) is -3.45. The summed E-state index contributed by atoms with van der Waals surface area (Å²) in [6, 6.07) is 3.54. The van der Waals surface area contributed by atoms with Crippen molar-refractivity contribution in [1.29, 1.82) is 0 Å². The molecule has 3 rings (SSSR count). The van der Waals surface area contributed by atoms with Crippen LogP contribution >= 0.6 is 0 Å². The van der Waals surface area contributed by atoms with Gasteiger partial charge in [-0.2, -0.15) is 13.2 Å². The van der Waals surface area contributed by atoms with Crippen LogP contribution in [0.25, 0.3) is 17.2 Å². The number of fused-ring (bicyclic) bond motifs is 1. The third-order valence-corrected chi connectivity index (χ3v) is 3.21. The quantitative estimate of drug-likeness (QED) is 0.721. The standard InChI is InChI=1S/C13H9F3N4O2/c1-6-8(21)3-2-7(10(6)22)11-18-19-12-17-9(13(14,15)16)4-5-20(11)12/h2-5,21-22H,1H3. The Kier molecular flexibility index (Phi) is 2.94. The lowest BCUT2D eigenvalue weighted by molar-refractivity contribution is -0.141. The van der Waals surface area contributed by atoms with E-state index in [1.54, 1.807) is 0 Å². The molecular weight excluding hydrogens is 301 g/mol. The van der Waals surface area contributed by atoms with Crippen LogP contribution in [0.4, 0.5) is 13.2 Å². The number of benzene rings is 1. The molecule has 0 bridgehead atoms. The van der Waals surface area contributed by atoms with Crippen LogP contribution < -0.4 is 0 Å². The normalized spacial score (nSPS) is 12.0. The third kappa shape index (κ3) is 2.10. The molecule has 3 aromatic rings. The minimum Gasteiger partial charge on any atom is -0.508 e. The molecule has 0 fully saturated rings. The molecule has 0 aliphatic heterocycles. The molecule has 0 aliphatic rings. The highest BCUT2D eigenvalue weighted by atomic mass is 19.4. The van der Waals surface area contributed by atoms with Crippen molar-refractivity contribution in [3.8, 4) is 22.9 Å². The Bertz CT molecular complexity index is 874. The van der Waals surface area contributed by atoms with Crippen molar-refractivity contribution in [2.24, 2.45) is 0 Å².